The molecule has 5 aliphatic rings. The first-order valence-electron chi connectivity index (χ1n) is 42.0. The van der Waals surface area contributed by atoms with Crippen molar-refractivity contribution in [3.63, 3.8) is 0 Å². The third-order valence-electron chi connectivity index (χ3n) is 25.0. The van der Waals surface area contributed by atoms with Crippen LogP contribution in [0.2, 0.25) is 30.1 Å². The molecule has 0 amide bonds. The van der Waals surface area contributed by atoms with E-state index < -0.39 is 5.82 Å². The van der Waals surface area contributed by atoms with Gasteiger partial charge in [-0.15, -0.1) is 0 Å². The number of aromatic amines is 5. The zero-order valence-electron chi connectivity index (χ0n) is 70.7. The molecule has 0 saturated carbocycles. The first-order valence-corrected chi connectivity index (χ1v) is 44.2. The number of hydrogen-bond donors (Lipinski definition) is 5. The third kappa shape index (κ3) is 19.9. The van der Waals surface area contributed by atoms with E-state index >= 15 is 0 Å². The number of anilines is 5. The lowest BCUT2D eigenvalue weighted by molar-refractivity contribution is 0.238. The van der Waals surface area contributed by atoms with E-state index in [2.05, 4.69) is 175 Å². The van der Waals surface area contributed by atoms with Crippen molar-refractivity contribution < 1.29 is 4.39 Å². The molecular weight excluding hydrogens is 1670 g/mol. The molecule has 0 aliphatic carbocycles. The number of benzene rings is 5. The molecule has 0 spiro atoms. The molecule has 123 heavy (non-hydrogen) atoms. The van der Waals surface area contributed by atoms with E-state index in [1.807, 2.05) is 104 Å². The van der Waals surface area contributed by atoms with Gasteiger partial charge < -0.3 is 24.5 Å². The van der Waals surface area contributed by atoms with Crippen LogP contribution in [-0.4, -0.2) is 166 Å². The van der Waals surface area contributed by atoms with Gasteiger partial charge in [0.15, 0.2) is 0 Å². The van der Waals surface area contributed by atoms with Crippen LogP contribution in [0.1, 0.15) is 140 Å². The minimum atomic E-state index is -0.448. The van der Waals surface area contributed by atoms with E-state index in [4.69, 9.17) is 89.5 Å². The van der Waals surface area contributed by atoms with Crippen molar-refractivity contribution >= 4 is 155 Å². The van der Waals surface area contributed by atoms with E-state index in [0.29, 0.717) is 91.6 Å². The Morgan fingerprint density at radius 3 is 0.894 bits per heavy atom. The fourth-order valence-corrected chi connectivity index (χ4v) is 16.8. The predicted octanol–water partition coefficient (Wildman–Crippen LogP) is 22.7. The molecule has 32 heteroatoms. The second-order valence-corrected chi connectivity index (χ2v) is 38.5. The highest BCUT2D eigenvalue weighted by atomic mass is 35.5. The average molecular weight is 1780 g/mol. The van der Waals surface area contributed by atoms with Gasteiger partial charge in [0.25, 0.3) is 0 Å². The third-order valence-corrected chi connectivity index (χ3v) is 26.9. The summed E-state index contributed by atoms with van der Waals surface area (Å²) in [5.74, 6) is 4.01. The first kappa shape index (κ1) is 86.1. The zero-order valence-corrected chi connectivity index (χ0v) is 75.3. The van der Waals surface area contributed by atoms with E-state index in [1.165, 1.54) is 38.2 Å². The highest BCUT2D eigenvalue weighted by Crippen LogP contribution is 2.41. The standard InChI is InChI=1S/C19H22ClN5.C18H19Cl2N5.C18H19ClFN5.2C18H20ClN5/c1-3-19(2)8-10-25(11-9-19)15-12-21-17-16(23-24-18(17)22-15)13-4-6-14(20)7-5-13;1-18(2)5-7-25(8-6-18)14-10-21-16-15(23-24-17(16)22-14)11-3-4-12(19)13(20)9-11;1-18(2)5-7-25(8-6-18)14-10-21-16-15(23-24-17(16)22-14)11-3-4-13(20)12(19)9-11;1-18(2)7-9-24(10-8-18)14-11-20-16-15(22-23-17(16)21-14)12-3-5-13(19)6-4-12;1-18(2)7-9-24(10-8-18)14-11-20-16-15(22-23-17(16)21-14)12-5-3-4-6-13(12)19/h4-7,12H,3,8-11H2,1-2H3,(H,22,23,24);2*3-4,9-10H,5-8H2,1-2H3,(H,22,23,24);2*3-6,11H,7-10H2,1-2H3,(H,21,22,23). The molecular formula is C91H100Cl6FN25. The Bertz CT molecular complexity index is 6060. The zero-order chi connectivity index (χ0) is 86.1. The van der Waals surface area contributed by atoms with Crippen LogP contribution in [0.25, 0.3) is 112 Å². The van der Waals surface area contributed by atoms with Crippen LogP contribution in [0, 0.1) is 32.9 Å². The van der Waals surface area contributed by atoms with Crippen LogP contribution >= 0.6 is 69.6 Å². The van der Waals surface area contributed by atoms with Crippen molar-refractivity contribution in [2.45, 2.75) is 140 Å². The summed E-state index contributed by atoms with van der Waals surface area (Å²) in [5.41, 5.74) is 17.5. The molecule has 0 unspecified atom stereocenters. The summed E-state index contributed by atoms with van der Waals surface area (Å²) in [6, 6.07) is 33.0. The molecule has 15 aromatic rings. The van der Waals surface area contributed by atoms with Crippen LogP contribution in [-0.2, 0) is 0 Å². The van der Waals surface area contributed by atoms with Gasteiger partial charge in [-0.25, -0.2) is 54.2 Å². The molecule has 5 saturated heterocycles. The van der Waals surface area contributed by atoms with Crippen LogP contribution in [0.5, 0.6) is 0 Å². The number of nitrogens with one attached hydrogen (secondary N) is 5. The minimum Gasteiger partial charge on any atom is -0.355 e. The van der Waals surface area contributed by atoms with Crippen LogP contribution in [0.4, 0.5) is 33.5 Å². The van der Waals surface area contributed by atoms with Crippen LogP contribution in [0.15, 0.2) is 140 Å². The molecule has 0 bridgehead atoms. The quantitative estimate of drug-likeness (QED) is 0.0804. The smallest absolute Gasteiger partial charge is 0.202 e. The highest BCUT2D eigenvalue weighted by molar-refractivity contribution is 6.42. The molecule has 5 N–H and O–H groups in total. The molecule has 5 fully saturated rings. The van der Waals surface area contributed by atoms with Gasteiger partial charge in [0, 0.05) is 103 Å². The number of halogens is 7. The number of fused-ring (bicyclic) bond motifs is 5. The first-order chi connectivity index (χ1) is 59.0. The van der Waals surface area contributed by atoms with E-state index in [-0.39, 0.29) is 5.02 Å². The number of hydrogen-bond acceptors (Lipinski definition) is 20. The van der Waals surface area contributed by atoms with Gasteiger partial charge in [-0.05, 0) is 152 Å². The molecule has 15 heterocycles. The monoisotopic (exact) mass is 1770 g/mol. The second-order valence-electron chi connectivity index (χ2n) is 36.0. The molecule has 638 valence electrons. The Morgan fingerprint density at radius 2 is 0.585 bits per heavy atom. The van der Waals surface area contributed by atoms with Crippen molar-refractivity contribution in [1.29, 1.82) is 0 Å². The summed E-state index contributed by atoms with van der Waals surface area (Å²) in [6.45, 7) is 33.2. The lowest BCUT2D eigenvalue weighted by Crippen LogP contribution is -2.38. The number of nitrogens with zero attached hydrogens (tertiary/aromatic N) is 20. The van der Waals surface area contributed by atoms with Crippen molar-refractivity contribution in [3.8, 4) is 56.3 Å². The Balaban J connectivity index is 0.000000114. The second kappa shape index (κ2) is 36.0. The van der Waals surface area contributed by atoms with Gasteiger partial charge in [0.2, 0.25) is 28.2 Å². The Kier molecular flexibility index (Phi) is 25.2. The molecule has 0 radical (unpaired) electrons. The Hall–Kier alpha value is -10.5. The normalized spacial score (nSPS) is 17.3. The summed E-state index contributed by atoms with van der Waals surface area (Å²) in [5, 5.41) is 40.0. The minimum absolute atomic E-state index is 0.0701. The lowest BCUT2D eigenvalue weighted by atomic mass is 9.78. The summed E-state index contributed by atoms with van der Waals surface area (Å²) in [4.78, 5) is 58.0. The van der Waals surface area contributed by atoms with Gasteiger partial charge in [-0.1, -0.05) is 194 Å². The Morgan fingerprint density at radius 1 is 0.309 bits per heavy atom. The summed E-state index contributed by atoms with van der Waals surface area (Å²) < 4.78 is 13.4. The fourth-order valence-electron chi connectivity index (χ4n) is 15.9. The van der Waals surface area contributed by atoms with Crippen molar-refractivity contribution in [1.82, 2.24) is 101 Å². The van der Waals surface area contributed by atoms with Gasteiger partial charge in [-0.2, -0.15) is 25.5 Å². The number of piperidine rings is 5. The molecule has 0 atom stereocenters. The molecule has 25 nitrogen and oxygen atoms in total. The summed E-state index contributed by atoms with van der Waals surface area (Å²) in [7, 11) is 0. The topological polar surface area (TPSA) is 288 Å². The maximum Gasteiger partial charge on any atom is 0.202 e. The molecule has 20 rings (SSSR count). The van der Waals surface area contributed by atoms with Crippen molar-refractivity contribution in [2.75, 3.05) is 89.9 Å². The van der Waals surface area contributed by atoms with E-state index in [1.54, 1.807) is 30.5 Å². The van der Waals surface area contributed by atoms with Gasteiger partial charge in [0.05, 0.1) is 79.5 Å². The number of aromatic nitrogens is 20. The average Bonchev–Trinajstić information content (AvgIpc) is 1.62. The number of H-pyrrole nitrogens is 5. The summed E-state index contributed by atoms with van der Waals surface area (Å²) >= 11 is 36.2. The van der Waals surface area contributed by atoms with Crippen LogP contribution < -0.4 is 24.5 Å². The maximum absolute atomic E-state index is 13.4. The van der Waals surface area contributed by atoms with Gasteiger partial charge >= 0.3 is 0 Å². The highest BCUT2D eigenvalue weighted by Gasteiger charge is 2.33. The van der Waals surface area contributed by atoms with Crippen molar-refractivity contribution in [2.24, 2.45) is 27.1 Å². The number of rotatable bonds is 11. The maximum atomic E-state index is 13.4. The molecule has 10 aromatic heterocycles. The molecule has 5 aromatic carbocycles. The van der Waals surface area contributed by atoms with Gasteiger partial charge in [-0.3, -0.25) is 25.5 Å². The van der Waals surface area contributed by atoms with Crippen molar-refractivity contribution in [3.05, 3.63) is 176 Å². The van der Waals surface area contributed by atoms with E-state index in [0.717, 1.165) is 206 Å². The van der Waals surface area contributed by atoms with Gasteiger partial charge in [0.1, 0.15) is 62.5 Å². The fraction of sp³-hybridized carbons (Fsp3) is 0.396. The van der Waals surface area contributed by atoms with E-state index in [9.17, 15) is 4.39 Å². The largest absolute Gasteiger partial charge is 0.355 e. The lowest BCUT2D eigenvalue weighted by Gasteiger charge is -2.39. The SMILES string of the molecule is CC1(C)CCN(c2cnc3c(-c4ccc(Cl)c(Cl)c4)[nH]nc3n2)CC1.CC1(C)CCN(c2cnc3c(-c4ccc(Cl)cc4)[nH]nc3n2)CC1.CC1(C)CCN(c2cnc3c(-c4ccc(F)c(Cl)c4)[nH]nc3n2)CC1.CC1(C)CCN(c2cnc3c(-c4ccccc4Cl)[nH]nc3n2)CC1.CCC1(C)CCN(c2cnc3c(-c4ccc(Cl)cc4)[nH]nc3n2)CC1. The predicted molar refractivity (Wildman–Crippen MR) is 496 cm³/mol. The Labute approximate surface area is 743 Å². The summed E-state index contributed by atoms with van der Waals surface area (Å²) in [6.07, 6.45) is 22.0. The van der Waals surface area contributed by atoms with Crippen LogP contribution in [0.3, 0.4) is 0 Å². The molecule has 5 aliphatic heterocycles.